The highest BCUT2D eigenvalue weighted by Crippen LogP contribution is 2.31. The van der Waals surface area contributed by atoms with Crippen molar-refractivity contribution in [1.82, 2.24) is 0 Å². The molecule has 1 aromatic rings. The maximum absolute atomic E-state index is 12.6. The molecule has 0 amide bonds. The molecular formula is C16H18F3NO2. The molecule has 1 atom stereocenters. The number of anilines is 1. The molecule has 0 aliphatic carbocycles. The number of alkyl halides is 3. The van der Waals surface area contributed by atoms with E-state index in [0.29, 0.717) is 18.7 Å². The summed E-state index contributed by atoms with van der Waals surface area (Å²) in [6.07, 6.45) is -3.54. The van der Waals surface area contributed by atoms with Crippen molar-refractivity contribution < 1.29 is 22.7 Å². The molecule has 0 aromatic heterocycles. The predicted octanol–water partition coefficient (Wildman–Crippen LogP) is 3.97. The first-order valence-electron chi connectivity index (χ1n) is 7.11. The number of ketones is 1. The standard InChI is InChI=1S/C16H18F3NO2/c1-3-22-14-9-6-12(15(21)16(17,18)19)10-20(14)13-7-4-11(2)5-8-13/h4-5,7-8,10,14H,3,6,9H2,1-2H3. The second-order valence-electron chi connectivity index (χ2n) is 5.17. The van der Waals surface area contributed by atoms with E-state index in [0.717, 1.165) is 5.56 Å². The van der Waals surface area contributed by atoms with Crippen molar-refractivity contribution >= 4 is 11.5 Å². The molecule has 1 aliphatic rings. The molecule has 0 N–H and O–H groups in total. The number of halogens is 3. The van der Waals surface area contributed by atoms with Gasteiger partial charge >= 0.3 is 6.18 Å². The fourth-order valence-corrected chi connectivity index (χ4v) is 2.40. The van der Waals surface area contributed by atoms with Crippen molar-refractivity contribution in [2.75, 3.05) is 11.5 Å². The van der Waals surface area contributed by atoms with Gasteiger partial charge in [0.05, 0.1) is 0 Å². The molecule has 3 nitrogen and oxygen atoms in total. The molecule has 6 heteroatoms. The first-order valence-corrected chi connectivity index (χ1v) is 7.11. The fraction of sp³-hybridized carbons (Fsp3) is 0.438. The van der Waals surface area contributed by atoms with Gasteiger partial charge in [-0.3, -0.25) is 4.79 Å². The summed E-state index contributed by atoms with van der Waals surface area (Å²) in [5, 5.41) is 0. The van der Waals surface area contributed by atoms with Gasteiger partial charge in [0.15, 0.2) is 0 Å². The lowest BCUT2D eigenvalue weighted by Crippen LogP contribution is -2.39. The average molecular weight is 313 g/mol. The fourth-order valence-electron chi connectivity index (χ4n) is 2.40. The zero-order valence-corrected chi connectivity index (χ0v) is 12.5. The van der Waals surface area contributed by atoms with E-state index in [9.17, 15) is 18.0 Å². The summed E-state index contributed by atoms with van der Waals surface area (Å²) in [5.41, 5.74) is 1.52. The highest BCUT2D eigenvalue weighted by Gasteiger charge is 2.42. The van der Waals surface area contributed by atoms with Gasteiger partial charge in [0.2, 0.25) is 0 Å². The number of hydrogen-bond acceptors (Lipinski definition) is 3. The van der Waals surface area contributed by atoms with Crippen LogP contribution in [0, 0.1) is 6.92 Å². The normalized spacial score (nSPS) is 19.0. The Morgan fingerprint density at radius 2 is 1.95 bits per heavy atom. The van der Waals surface area contributed by atoms with Gasteiger partial charge in [-0.2, -0.15) is 13.2 Å². The lowest BCUT2D eigenvalue weighted by atomic mass is 10.0. The Kier molecular flexibility index (Phi) is 4.90. The van der Waals surface area contributed by atoms with Crippen molar-refractivity contribution in [3.8, 4) is 0 Å². The van der Waals surface area contributed by atoms with Gasteiger partial charge < -0.3 is 9.64 Å². The van der Waals surface area contributed by atoms with Crippen LogP contribution in [0.25, 0.3) is 0 Å². The van der Waals surface area contributed by atoms with E-state index in [1.165, 1.54) is 6.20 Å². The number of aryl methyl sites for hydroxylation is 1. The van der Waals surface area contributed by atoms with Crippen LogP contribution in [-0.4, -0.2) is 24.8 Å². The molecule has 1 aliphatic heterocycles. The Balaban J connectivity index is 2.34. The number of nitrogens with zero attached hydrogens (tertiary/aromatic N) is 1. The van der Waals surface area contributed by atoms with E-state index in [2.05, 4.69) is 0 Å². The van der Waals surface area contributed by atoms with Crippen molar-refractivity contribution in [2.24, 2.45) is 0 Å². The van der Waals surface area contributed by atoms with Gasteiger partial charge in [-0.25, -0.2) is 0 Å². The van der Waals surface area contributed by atoms with Crippen LogP contribution < -0.4 is 4.90 Å². The number of allylic oxidation sites excluding steroid dienone is 1. The Labute approximate surface area is 127 Å². The van der Waals surface area contributed by atoms with Crippen molar-refractivity contribution in [1.29, 1.82) is 0 Å². The maximum atomic E-state index is 12.6. The second-order valence-corrected chi connectivity index (χ2v) is 5.17. The van der Waals surface area contributed by atoms with Gasteiger partial charge in [0, 0.05) is 24.1 Å². The highest BCUT2D eigenvalue weighted by atomic mass is 19.4. The van der Waals surface area contributed by atoms with Crippen LogP contribution in [0.1, 0.15) is 25.3 Å². The predicted molar refractivity (Wildman–Crippen MR) is 77.5 cm³/mol. The smallest absolute Gasteiger partial charge is 0.358 e. The molecule has 120 valence electrons. The maximum Gasteiger partial charge on any atom is 0.454 e. The third kappa shape index (κ3) is 3.68. The van der Waals surface area contributed by atoms with Gasteiger partial charge in [0.1, 0.15) is 6.23 Å². The van der Waals surface area contributed by atoms with Crippen LogP contribution in [0.15, 0.2) is 36.0 Å². The molecule has 1 unspecified atom stereocenters. The summed E-state index contributed by atoms with van der Waals surface area (Å²) in [4.78, 5) is 13.1. The number of hydrogen-bond donors (Lipinski definition) is 0. The van der Waals surface area contributed by atoms with E-state index < -0.39 is 12.0 Å². The van der Waals surface area contributed by atoms with Gasteiger partial charge in [0.25, 0.3) is 5.78 Å². The summed E-state index contributed by atoms with van der Waals surface area (Å²) >= 11 is 0. The van der Waals surface area contributed by atoms with Gasteiger partial charge in [-0.1, -0.05) is 17.7 Å². The van der Waals surface area contributed by atoms with E-state index in [1.807, 2.05) is 26.0 Å². The molecule has 0 saturated heterocycles. The van der Waals surface area contributed by atoms with Crippen molar-refractivity contribution in [2.45, 2.75) is 39.1 Å². The number of ether oxygens (including phenoxy) is 1. The summed E-state index contributed by atoms with van der Waals surface area (Å²) in [5.74, 6) is -1.78. The molecule has 0 radical (unpaired) electrons. The number of Topliss-reactive ketones (excluding diaryl/α,β-unsaturated/α-hetero) is 1. The Morgan fingerprint density at radius 1 is 1.32 bits per heavy atom. The minimum absolute atomic E-state index is 0.0609. The molecule has 2 rings (SSSR count). The number of carbonyl (C=O) groups excluding carboxylic acids is 1. The van der Waals surface area contributed by atoms with Crippen molar-refractivity contribution in [3.05, 3.63) is 41.6 Å². The third-order valence-corrected chi connectivity index (χ3v) is 3.51. The number of rotatable bonds is 4. The minimum atomic E-state index is -4.84. The molecule has 22 heavy (non-hydrogen) atoms. The van der Waals surface area contributed by atoms with E-state index in [-0.39, 0.29) is 18.2 Å². The van der Waals surface area contributed by atoms with Crippen LogP contribution in [0.5, 0.6) is 0 Å². The quantitative estimate of drug-likeness (QED) is 0.842. The molecular weight excluding hydrogens is 295 g/mol. The zero-order chi connectivity index (χ0) is 16.3. The molecule has 0 fully saturated rings. The molecule has 0 saturated carbocycles. The van der Waals surface area contributed by atoms with E-state index in [4.69, 9.17) is 4.74 Å². The van der Waals surface area contributed by atoms with Gasteiger partial charge in [-0.15, -0.1) is 0 Å². The third-order valence-electron chi connectivity index (χ3n) is 3.51. The summed E-state index contributed by atoms with van der Waals surface area (Å²) in [6, 6.07) is 7.34. The molecule has 1 heterocycles. The largest absolute Gasteiger partial charge is 0.454 e. The van der Waals surface area contributed by atoms with Crippen LogP contribution >= 0.6 is 0 Å². The number of carbonyl (C=O) groups is 1. The minimum Gasteiger partial charge on any atom is -0.358 e. The highest BCUT2D eigenvalue weighted by molar-refractivity contribution is 6.00. The Bertz CT molecular complexity index is 564. The first-order chi connectivity index (χ1) is 10.3. The monoisotopic (exact) mass is 313 g/mol. The van der Waals surface area contributed by atoms with Gasteiger partial charge in [-0.05, 0) is 38.8 Å². The van der Waals surface area contributed by atoms with E-state index >= 15 is 0 Å². The first kappa shape index (κ1) is 16.5. The Hall–Kier alpha value is -1.82. The Morgan fingerprint density at radius 3 is 2.50 bits per heavy atom. The topological polar surface area (TPSA) is 29.5 Å². The van der Waals surface area contributed by atoms with Crippen molar-refractivity contribution in [3.63, 3.8) is 0 Å². The second kappa shape index (κ2) is 6.52. The molecule has 0 spiro atoms. The van der Waals surface area contributed by atoms with Crippen LogP contribution in [-0.2, 0) is 9.53 Å². The summed E-state index contributed by atoms with van der Waals surface area (Å²) < 4.78 is 43.4. The summed E-state index contributed by atoms with van der Waals surface area (Å²) in [6.45, 7) is 4.20. The SMILES string of the molecule is CCOC1CCC(C(=O)C(F)(F)F)=CN1c1ccc(C)cc1. The van der Waals surface area contributed by atoms with Crippen LogP contribution in [0.2, 0.25) is 0 Å². The lowest BCUT2D eigenvalue weighted by Gasteiger charge is -2.35. The van der Waals surface area contributed by atoms with Crippen LogP contribution in [0.4, 0.5) is 18.9 Å². The molecule has 0 bridgehead atoms. The lowest BCUT2D eigenvalue weighted by molar-refractivity contribution is -0.166. The molecule has 1 aromatic carbocycles. The number of benzene rings is 1. The zero-order valence-electron chi connectivity index (χ0n) is 12.5. The summed E-state index contributed by atoms with van der Waals surface area (Å²) in [7, 11) is 0. The average Bonchev–Trinajstić information content (AvgIpc) is 2.47. The van der Waals surface area contributed by atoms with Crippen LogP contribution in [0.3, 0.4) is 0 Å². The van der Waals surface area contributed by atoms with E-state index in [1.54, 1.807) is 17.0 Å².